The van der Waals surface area contributed by atoms with E-state index < -0.39 is 0 Å². The number of nitrogens with zero attached hydrogens (tertiary/aromatic N) is 2. The second-order valence-electron chi connectivity index (χ2n) is 5.75. The normalized spacial score (nSPS) is 28.0. The molecule has 1 fully saturated rings. The lowest BCUT2D eigenvalue weighted by Crippen LogP contribution is -2.40. The molecule has 17 heavy (non-hydrogen) atoms. The van der Waals surface area contributed by atoms with E-state index in [1.165, 1.54) is 0 Å². The molecule has 0 saturated heterocycles. The summed E-state index contributed by atoms with van der Waals surface area (Å²) in [5.41, 5.74) is 0.779. The van der Waals surface area contributed by atoms with Crippen LogP contribution in [0.3, 0.4) is 0 Å². The quantitative estimate of drug-likeness (QED) is 0.807. The van der Waals surface area contributed by atoms with E-state index in [0.29, 0.717) is 6.42 Å². The molecule has 1 aromatic heterocycles. The van der Waals surface area contributed by atoms with E-state index in [4.69, 9.17) is 0 Å². The van der Waals surface area contributed by atoms with Crippen LogP contribution in [-0.2, 0) is 0 Å². The zero-order chi connectivity index (χ0) is 12.6. The van der Waals surface area contributed by atoms with Crippen LogP contribution in [0.5, 0.6) is 0 Å². The van der Waals surface area contributed by atoms with Gasteiger partial charge in [0.1, 0.15) is 0 Å². The molecule has 0 bridgehead atoms. The number of aliphatic hydroxyl groups excluding tert-OH is 1. The zero-order valence-electron chi connectivity index (χ0n) is 10.7. The van der Waals surface area contributed by atoms with Crippen molar-refractivity contribution in [1.82, 2.24) is 9.55 Å². The van der Waals surface area contributed by atoms with Crippen molar-refractivity contribution < 1.29 is 5.11 Å². The van der Waals surface area contributed by atoms with Gasteiger partial charge in [0, 0.05) is 18.4 Å². The Morgan fingerprint density at radius 3 is 2.94 bits per heavy atom. The summed E-state index contributed by atoms with van der Waals surface area (Å²) in [4.78, 5) is 15.7. The smallest absolute Gasteiger partial charge is 0.347 e. The molecule has 94 valence electrons. The molecule has 0 aliphatic heterocycles. The molecule has 1 aliphatic rings. The monoisotopic (exact) mass is 236 g/mol. The van der Waals surface area contributed by atoms with Gasteiger partial charge in [0.25, 0.3) is 0 Å². The summed E-state index contributed by atoms with van der Waals surface area (Å²) in [6.07, 6.45) is 5.51. The number of aryl methyl sites for hydroxylation is 1. The van der Waals surface area contributed by atoms with Gasteiger partial charge in [0.15, 0.2) is 0 Å². The van der Waals surface area contributed by atoms with Crippen molar-refractivity contribution >= 4 is 0 Å². The van der Waals surface area contributed by atoms with Crippen LogP contribution in [0.2, 0.25) is 0 Å². The highest BCUT2D eigenvalue weighted by Gasteiger charge is 2.37. The van der Waals surface area contributed by atoms with Gasteiger partial charge in [0.05, 0.1) is 6.10 Å². The molecule has 0 amide bonds. The molecule has 0 radical (unpaired) electrons. The van der Waals surface area contributed by atoms with Gasteiger partial charge in [-0.15, -0.1) is 0 Å². The molecule has 0 spiro atoms. The number of aromatic nitrogens is 2. The van der Waals surface area contributed by atoms with Crippen LogP contribution in [-0.4, -0.2) is 20.8 Å². The number of hydrogen-bond donors (Lipinski definition) is 1. The van der Waals surface area contributed by atoms with Crippen LogP contribution in [0.4, 0.5) is 0 Å². The van der Waals surface area contributed by atoms with Crippen LogP contribution in [0.15, 0.2) is 17.2 Å². The standard InChI is InChI=1S/C13H20N2O2/c1-9-7-14-12(17)15(8-9)11-6-10(16)4-5-13(11,2)3/h7-8,10-11,16H,4-6H2,1-3H3. The predicted molar refractivity (Wildman–Crippen MR) is 65.9 cm³/mol. The van der Waals surface area contributed by atoms with Gasteiger partial charge in [-0.2, -0.15) is 0 Å². The summed E-state index contributed by atoms with van der Waals surface area (Å²) >= 11 is 0. The second kappa shape index (κ2) is 4.26. The fourth-order valence-corrected chi connectivity index (χ4v) is 2.64. The Morgan fingerprint density at radius 1 is 1.53 bits per heavy atom. The maximum atomic E-state index is 11.8. The number of rotatable bonds is 1. The average molecular weight is 236 g/mol. The molecule has 4 nitrogen and oxygen atoms in total. The van der Waals surface area contributed by atoms with Crippen LogP contribution >= 0.6 is 0 Å². The van der Waals surface area contributed by atoms with E-state index >= 15 is 0 Å². The van der Waals surface area contributed by atoms with Gasteiger partial charge in [-0.3, -0.25) is 4.57 Å². The largest absolute Gasteiger partial charge is 0.393 e. The third-order valence-electron chi connectivity index (χ3n) is 3.80. The zero-order valence-corrected chi connectivity index (χ0v) is 10.7. The van der Waals surface area contributed by atoms with Crippen molar-refractivity contribution in [2.45, 2.75) is 52.2 Å². The van der Waals surface area contributed by atoms with Crippen molar-refractivity contribution in [1.29, 1.82) is 0 Å². The minimum absolute atomic E-state index is 0.0263. The lowest BCUT2D eigenvalue weighted by atomic mass is 9.72. The number of aliphatic hydroxyl groups is 1. The Hall–Kier alpha value is -1.16. The minimum atomic E-state index is -0.305. The molecule has 1 N–H and O–H groups in total. The third-order valence-corrected chi connectivity index (χ3v) is 3.80. The molecular formula is C13H20N2O2. The Bertz CT molecular complexity index is 465. The fraction of sp³-hybridized carbons (Fsp3) is 0.692. The van der Waals surface area contributed by atoms with E-state index in [1.807, 2.05) is 13.1 Å². The van der Waals surface area contributed by atoms with Gasteiger partial charge in [-0.1, -0.05) is 13.8 Å². The Balaban J connectivity index is 2.43. The molecular weight excluding hydrogens is 216 g/mol. The number of hydrogen-bond acceptors (Lipinski definition) is 3. The van der Waals surface area contributed by atoms with Crippen molar-refractivity contribution in [3.63, 3.8) is 0 Å². The predicted octanol–water partition coefficient (Wildman–Crippen LogP) is 1.66. The molecule has 4 heteroatoms. The van der Waals surface area contributed by atoms with Gasteiger partial charge < -0.3 is 5.11 Å². The van der Waals surface area contributed by atoms with Crippen LogP contribution < -0.4 is 5.69 Å². The van der Waals surface area contributed by atoms with Crippen LogP contribution in [0.25, 0.3) is 0 Å². The van der Waals surface area contributed by atoms with Gasteiger partial charge in [-0.25, -0.2) is 9.78 Å². The van der Waals surface area contributed by atoms with E-state index in [1.54, 1.807) is 10.8 Å². The lowest BCUT2D eigenvalue weighted by Gasteiger charge is -2.41. The third kappa shape index (κ3) is 2.41. The molecule has 0 aromatic carbocycles. The molecule has 1 aliphatic carbocycles. The van der Waals surface area contributed by atoms with Crippen molar-refractivity contribution in [2.24, 2.45) is 5.41 Å². The first-order valence-electron chi connectivity index (χ1n) is 6.13. The van der Waals surface area contributed by atoms with Crippen molar-refractivity contribution in [3.8, 4) is 0 Å². The fourth-order valence-electron chi connectivity index (χ4n) is 2.64. The SMILES string of the molecule is Cc1cnc(=O)n(C2CC(O)CCC2(C)C)c1. The Morgan fingerprint density at radius 2 is 2.24 bits per heavy atom. The van der Waals surface area contributed by atoms with Crippen molar-refractivity contribution in [2.75, 3.05) is 0 Å². The molecule has 2 unspecified atom stereocenters. The molecule has 1 heterocycles. The Labute approximate surface area is 101 Å². The molecule has 1 aromatic rings. The maximum Gasteiger partial charge on any atom is 0.347 e. The molecule has 2 atom stereocenters. The average Bonchev–Trinajstić information content (AvgIpc) is 2.26. The topological polar surface area (TPSA) is 55.1 Å². The highest BCUT2D eigenvalue weighted by molar-refractivity contribution is 5.03. The summed E-state index contributed by atoms with van der Waals surface area (Å²) in [6.45, 7) is 6.23. The van der Waals surface area contributed by atoms with Gasteiger partial charge in [0.2, 0.25) is 0 Å². The summed E-state index contributed by atoms with van der Waals surface area (Å²) < 4.78 is 1.69. The molecule has 1 saturated carbocycles. The first kappa shape index (κ1) is 12.3. The maximum absolute atomic E-state index is 11.8. The highest BCUT2D eigenvalue weighted by atomic mass is 16.3. The van der Waals surface area contributed by atoms with Gasteiger partial charge >= 0.3 is 5.69 Å². The summed E-state index contributed by atoms with van der Waals surface area (Å²) in [7, 11) is 0. The summed E-state index contributed by atoms with van der Waals surface area (Å²) in [5.74, 6) is 0. The molecule has 2 rings (SSSR count). The second-order valence-corrected chi connectivity index (χ2v) is 5.75. The Kier molecular flexibility index (Phi) is 3.08. The first-order chi connectivity index (χ1) is 7.90. The van der Waals surface area contributed by atoms with Crippen molar-refractivity contribution in [3.05, 3.63) is 28.4 Å². The summed E-state index contributed by atoms with van der Waals surface area (Å²) in [5, 5.41) is 9.80. The van der Waals surface area contributed by atoms with Crippen LogP contribution in [0, 0.1) is 12.3 Å². The minimum Gasteiger partial charge on any atom is -0.393 e. The van der Waals surface area contributed by atoms with Crippen LogP contribution in [0.1, 0.15) is 44.7 Å². The van der Waals surface area contributed by atoms with E-state index in [2.05, 4.69) is 18.8 Å². The van der Waals surface area contributed by atoms with Gasteiger partial charge in [-0.05, 0) is 37.2 Å². The first-order valence-corrected chi connectivity index (χ1v) is 6.13. The van der Waals surface area contributed by atoms with E-state index in [0.717, 1.165) is 18.4 Å². The highest BCUT2D eigenvalue weighted by Crippen LogP contribution is 2.43. The lowest BCUT2D eigenvalue weighted by molar-refractivity contribution is 0.0323. The summed E-state index contributed by atoms with van der Waals surface area (Å²) in [6, 6.07) is 0.0335. The van der Waals surface area contributed by atoms with E-state index in [-0.39, 0.29) is 23.3 Å². The van der Waals surface area contributed by atoms with E-state index in [9.17, 15) is 9.90 Å².